The Hall–Kier alpha value is -3.55. The van der Waals surface area contributed by atoms with Gasteiger partial charge in [-0.3, -0.25) is 0 Å². The third-order valence-corrected chi connectivity index (χ3v) is 7.68. The molecule has 7 heteroatoms. The first-order valence-electron chi connectivity index (χ1n) is 10.2. The van der Waals surface area contributed by atoms with E-state index in [-0.39, 0.29) is 10.5 Å². The number of thioether (sulfide) groups is 1. The molecule has 0 aliphatic rings. The fourth-order valence-electron chi connectivity index (χ4n) is 3.33. The van der Waals surface area contributed by atoms with E-state index in [1.807, 2.05) is 42.5 Å². The molecule has 0 spiro atoms. The molecule has 0 heterocycles. The molecule has 0 bridgehead atoms. The van der Waals surface area contributed by atoms with Crippen molar-refractivity contribution in [3.8, 4) is 0 Å². The van der Waals surface area contributed by atoms with Crippen molar-refractivity contribution in [1.82, 2.24) is 0 Å². The van der Waals surface area contributed by atoms with Crippen LogP contribution >= 0.6 is 11.8 Å². The van der Waals surface area contributed by atoms with Crippen LogP contribution in [0, 0.1) is 0 Å². The van der Waals surface area contributed by atoms with Gasteiger partial charge in [0.15, 0.2) is 0 Å². The van der Waals surface area contributed by atoms with Crippen molar-refractivity contribution in [2.24, 2.45) is 0 Å². The van der Waals surface area contributed by atoms with E-state index in [4.69, 9.17) is 0 Å². The maximum absolute atomic E-state index is 13.9. The van der Waals surface area contributed by atoms with E-state index in [0.717, 1.165) is 5.56 Å². The Morgan fingerprint density at radius 1 is 0.758 bits per heavy atom. The number of para-hydroxylation sites is 2. The molecule has 0 saturated heterocycles. The Bertz CT molecular complexity index is 1300. The van der Waals surface area contributed by atoms with Gasteiger partial charge in [0.2, 0.25) is 0 Å². The zero-order chi connectivity index (χ0) is 23.3. The molecule has 0 aliphatic heterocycles. The lowest BCUT2D eigenvalue weighted by Gasteiger charge is -2.25. The molecule has 4 rings (SSSR count). The second-order valence-corrected chi connectivity index (χ2v) is 10.0. The van der Waals surface area contributed by atoms with Gasteiger partial charge < -0.3 is 5.11 Å². The van der Waals surface area contributed by atoms with Crippen LogP contribution in [0.25, 0.3) is 0 Å². The van der Waals surface area contributed by atoms with E-state index < -0.39 is 16.0 Å². The predicted molar refractivity (Wildman–Crippen MR) is 132 cm³/mol. The van der Waals surface area contributed by atoms with Gasteiger partial charge in [-0.1, -0.05) is 66.7 Å². The van der Waals surface area contributed by atoms with E-state index in [1.165, 1.54) is 34.3 Å². The van der Waals surface area contributed by atoms with Crippen LogP contribution in [0.3, 0.4) is 0 Å². The molecule has 0 atom stereocenters. The van der Waals surface area contributed by atoms with Crippen LogP contribution in [0.5, 0.6) is 0 Å². The van der Waals surface area contributed by atoms with E-state index in [9.17, 15) is 18.3 Å². The van der Waals surface area contributed by atoms with Gasteiger partial charge in [-0.25, -0.2) is 17.5 Å². The number of hydrogen-bond acceptors (Lipinski definition) is 4. The lowest BCUT2D eigenvalue weighted by Crippen LogP contribution is -2.26. The first-order chi connectivity index (χ1) is 15.9. The van der Waals surface area contributed by atoms with Gasteiger partial charge in [0.05, 0.1) is 21.8 Å². The molecule has 4 aromatic rings. The number of aromatic carboxylic acids is 1. The Labute approximate surface area is 197 Å². The Kier molecular flexibility index (Phi) is 6.82. The maximum Gasteiger partial charge on any atom is 0.335 e. The predicted octanol–water partition coefficient (Wildman–Crippen LogP) is 6.20. The summed E-state index contributed by atoms with van der Waals surface area (Å²) < 4.78 is 29.0. The smallest absolute Gasteiger partial charge is 0.335 e. The standard InChI is InChI=1S/C26H21NO4S2/c28-26(29)21-16-24(32-19-20-10-4-1-5-11-20)18-25(17-21)33(30,31)27(22-12-6-2-7-13-22)23-14-8-3-9-15-23/h1-18H,19H2,(H,28,29). The minimum Gasteiger partial charge on any atom is -0.478 e. The minimum absolute atomic E-state index is 0.0762. The van der Waals surface area contributed by atoms with Crippen LogP contribution in [0.1, 0.15) is 15.9 Å². The molecule has 0 unspecified atom stereocenters. The average molecular weight is 476 g/mol. The largest absolute Gasteiger partial charge is 0.478 e. The summed E-state index contributed by atoms with van der Waals surface area (Å²) >= 11 is 1.39. The van der Waals surface area contributed by atoms with Gasteiger partial charge in [0.25, 0.3) is 10.0 Å². The van der Waals surface area contributed by atoms with Gasteiger partial charge in [0, 0.05) is 10.6 Å². The third kappa shape index (κ3) is 5.27. The Morgan fingerprint density at radius 3 is 1.79 bits per heavy atom. The lowest BCUT2D eigenvalue weighted by atomic mass is 10.2. The Morgan fingerprint density at radius 2 is 1.27 bits per heavy atom. The van der Waals surface area contributed by atoms with E-state index >= 15 is 0 Å². The summed E-state index contributed by atoms with van der Waals surface area (Å²) in [5.41, 5.74) is 1.90. The summed E-state index contributed by atoms with van der Waals surface area (Å²) in [4.78, 5) is 12.3. The highest BCUT2D eigenvalue weighted by Crippen LogP contribution is 2.34. The van der Waals surface area contributed by atoms with Crippen LogP contribution in [0.15, 0.2) is 119 Å². The van der Waals surface area contributed by atoms with Crippen LogP contribution in [-0.2, 0) is 15.8 Å². The summed E-state index contributed by atoms with van der Waals surface area (Å²) in [7, 11) is -4.11. The number of carboxylic acids is 1. The SMILES string of the molecule is O=C(O)c1cc(SCc2ccccc2)cc(S(=O)(=O)N(c2ccccc2)c2ccccc2)c1. The summed E-state index contributed by atoms with van der Waals surface area (Å²) in [6.45, 7) is 0. The number of rotatable bonds is 8. The Balaban J connectivity index is 1.79. The molecular weight excluding hydrogens is 454 g/mol. The van der Waals surface area contributed by atoms with Crippen molar-refractivity contribution < 1.29 is 18.3 Å². The topological polar surface area (TPSA) is 74.7 Å². The highest BCUT2D eigenvalue weighted by molar-refractivity contribution is 7.98. The molecular formula is C26H21NO4S2. The van der Waals surface area contributed by atoms with Gasteiger partial charge >= 0.3 is 5.97 Å². The number of nitrogens with zero attached hydrogens (tertiary/aromatic N) is 1. The van der Waals surface area contributed by atoms with Gasteiger partial charge in [-0.2, -0.15) is 0 Å². The highest BCUT2D eigenvalue weighted by atomic mass is 32.2. The van der Waals surface area contributed by atoms with Crippen LogP contribution in [0.4, 0.5) is 11.4 Å². The summed E-state index contributed by atoms with van der Waals surface area (Å²) in [5, 5.41) is 9.64. The van der Waals surface area contributed by atoms with Crippen LogP contribution < -0.4 is 4.31 Å². The fourth-order valence-corrected chi connectivity index (χ4v) is 5.91. The van der Waals surface area contributed by atoms with E-state index in [2.05, 4.69) is 0 Å². The first kappa shape index (κ1) is 22.6. The molecule has 0 aliphatic carbocycles. The number of anilines is 2. The van der Waals surface area contributed by atoms with Crippen molar-refractivity contribution in [1.29, 1.82) is 0 Å². The normalized spacial score (nSPS) is 11.2. The molecule has 166 valence electrons. The quantitative estimate of drug-likeness (QED) is 0.307. The number of hydrogen-bond donors (Lipinski definition) is 1. The number of carbonyl (C=O) groups is 1. The number of carboxylic acid groups (broad SMARTS) is 1. The highest BCUT2D eigenvalue weighted by Gasteiger charge is 2.28. The zero-order valence-electron chi connectivity index (χ0n) is 17.5. The molecule has 0 aromatic heterocycles. The van der Waals surface area contributed by atoms with Crippen molar-refractivity contribution in [2.75, 3.05) is 4.31 Å². The second kappa shape index (κ2) is 9.94. The van der Waals surface area contributed by atoms with Gasteiger partial charge in [-0.05, 0) is 48.0 Å². The van der Waals surface area contributed by atoms with Crippen LogP contribution in [-0.4, -0.2) is 19.5 Å². The number of sulfonamides is 1. The van der Waals surface area contributed by atoms with Crippen molar-refractivity contribution in [3.63, 3.8) is 0 Å². The van der Waals surface area contributed by atoms with E-state index in [1.54, 1.807) is 48.5 Å². The molecule has 0 amide bonds. The van der Waals surface area contributed by atoms with Crippen molar-refractivity contribution in [3.05, 3.63) is 120 Å². The summed E-state index contributed by atoms with van der Waals surface area (Å²) in [6.07, 6.45) is 0. The minimum atomic E-state index is -4.11. The number of benzene rings is 4. The monoisotopic (exact) mass is 475 g/mol. The third-order valence-electron chi connectivity index (χ3n) is 4.89. The van der Waals surface area contributed by atoms with E-state index in [0.29, 0.717) is 22.0 Å². The molecule has 0 radical (unpaired) electrons. The molecule has 1 N–H and O–H groups in total. The average Bonchev–Trinajstić information content (AvgIpc) is 2.84. The molecule has 0 saturated carbocycles. The molecule has 0 fully saturated rings. The summed E-state index contributed by atoms with van der Waals surface area (Å²) in [6, 6.07) is 31.4. The van der Waals surface area contributed by atoms with Gasteiger partial charge in [0.1, 0.15) is 0 Å². The summed E-state index contributed by atoms with van der Waals surface area (Å²) in [5.74, 6) is -0.593. The van der Waals surface area contributed by atoms with Gasteiger partial charge in [-0.15, -0.1) is 11.8 Å². The van der Waals surface area contributed by atoms with Crippen LogP contribution in [0.2, 0.25) is 0 Å². The second-order valence-electron chi connectivity index (χ2n) is 7.21. The first-order valence-corrected chi connectivity index (χ1v) is 12.6. The van der Waals surface area contributed by atoms with Crippen molar-refractivity contribution in [2.45, 2.75) is 15.5 Å². The van der Waals surface area contributed by atoms with Crippen molar-refractivity contribution >= 4 is 39.1 Å². The molecule has 4 aromatic carbocycles. The molecule has 33 heavy (non-hydrogen) atoms. The molecule has 5 nitrogen and oxygen atoms in total. The lowest BCUT2D eigenvalue weighted by molar-refractivity contribution is 0.0696. The maximum atomic E-state index is 13.9. The zero-order valence-corrected chi connectivity index (χ0v) is 19.2. The fraction of sp³-hybridized carbons (Fsp3) is 0.0385.